The SMILES string of the molecule is O=C1NCC12CCN(c1c(Br)cnc3c1ccn3SF)CC2. The molecule has 1 N–H and O–H groups in total. The van der Waals surface area contributed by atoms with Crippen LogP contribution in [0.5, 0.6) is 0 Å². The number of piperidine rings is 1. The van der Waals surface area contributed by atoms with Gasteiger partial charge < -0.3 is 10.2 Å². The molecule has 116 valence electrons. The van der Waals surface area contributed by atoms with Gasteiger partial charge in [0.15, 0.2) is 18.0 Å². The lowest BCUT2D eigenvalue weighted by atomic mass is 9.72. The van der Waals surface area contributed by atoms with Gasteiger partial charge >= 0.3 is 0 Å². The molecule has 0 aromatic carbocycles. The van der Waals surface area contributed by atoms with Crippen LogP contribution in [-0.2, 0) is 4.79 Å². The van der Waals surface area contributed by atoms with E-state index in [4.69, 9.17) is 0 Å². The summed E-state index contributed by atoms with van der Waals surface area (Å²) in [5.41, 5.74) is 1.50. The molecule has 2 aliphatic heterocycles. The molecule has 4 heterocycles. The summed E-state index contributed by atoms with van der Waals surface area (Å²) in [6.07, 6.45) is 5.11. The molecule has 2 aromatic rings. The minimum Gasteiger partial charge on any atom is -0.370 e. The third-order valence-electron chi connectivity index (χ3n) is 4.79. The molecule has 2 fully saturated rings. The van der Waals surface area contributed by atoms with Crippen molar-refractivity contribution in [2.24, 2.45) is 5.41 Å². The number of aromatic nitrogens is 2. The van der Waals surface area contributed by atoms with E-state index in [1.807, 2.05) is 6.07 Å². The van der Waals surface area contributed by atoms with Crippen LogP contribution in [-0.4, -0.2) is 34.5 Å². The molecular weight excluding hydrogens is 371 g/mol. The predicted molar refractivity (Wildman–Crippen MR) is 88.4 cm³/mol. The highest BCUT2D eigenvalue weighted by Crippen LogP contribution is 2.41. The van der Waals surface area contributed by atoms with Crippen LogP contribution in [0, 0.1) is 5.41 Å². The number of rotatable bonds is 2. The first kappa shape index (κ1) is 14.3. The molecule has 4 rings (SSSR count). The number of hydrogen-bond donors (Lipinski definition) is 1. The summed E-state index contributed by atoms with van der Waals surface area (Å²) >= 11 is 3.71. The Kier molecular flexibility index (Phi) is 3.34. The van der Waals surface area contributed by atoms with Crippen molar-refractivity contribution < 1.29 is 8.68 Å². The van der Waals surface area contributed by atoms with Gasteiger partial charge in [0.25, 0.3) is 0 Å². The summed E-state index contributed by atoms with van der Waals surface area (Å²) in [5.74, 6) is 0.186. The fraction of sp³-hybridized carbons (Fsp3) is 0.429. The molecule has 0 saturated carbocycles. The molecule has 1 amide bonds. The number of β-lactam (4-membered cyclic amide) rings is 1. The topological polar surface area (TPSA) is 50.2 Å². The summed E-state index contributed by atoms with van der Waals surface area (Å²) in [7, 11) is 0. The van der Waals surface area contributed by atoms with Crippen LogP contribution in [0.1, 0.15) is 12.8 Å². The lowest BCUT2D eigenvalue weighted by Crippen LogP contribution is -2.62. The molecule has 1 spiro atoms. The fourth-order valence-corrected chi connectivity index (χ4v) is 4.26. The summed E-state index contributed by atoms with van der Waals surface area (Å²) < 4.78 is 15.2. The van der Waals surface area contributed by atoms with Gasteiger partial charge in [-0.25, -0.2) is 8.96 Å². The van der Waals surface area contributed by atoms with E-state index in [2.05, 4.69) is 31.1 Å². The maximum Gasteiger partial charge on any atom is 0.228 e. The maximum atomic E-state index is 12.9. The highest BCUT2D eigenvalue weighted by molar-refractivity contribution is 9.10. The van der Waals surface area contributed by atoms with E-state index in [9.17, 15) is 8.68 Å². The summed E-state index contributed by atoms with van der Waals surface area (Å²) in [4.78, 5) is 18.3. The number of nitrogens with one attached hydrogen (secondary N) is 1. The van der Waals surface area contributed by atoms with Crippen molar-refractivity contribution in [2.45, 2.75) is 12.8 Å². The second kappa shape index (κ2) is 5.13. The Morgan fingerprint density at radius 1 is 1.41 bits per heavy atom. The number of hydrogen-bond acceptors (Lipinski definition) is 4. The van der Waals surface area contributed by atoms with Crippen LogP contribution in [0.15, 0.2) is 22.9 Å². The van der Waals surface area contributed by atoms with Crippen LogP contribution in [0.2, 0.25) is 0 Å². The third kappa shape index (κ3) is 1.96. The van der Waals surface area contributed by atoms with E-state index in [0.29, 0.717) is 5.65 Å². The van der Waals surface area contributed by atoms with Crippen molar-refractivity contribution in [1.29, 1.82) is 0 Å². The minimum atomic E-state index is -0.157. The Morgan fingerprint density at radius 3 is 2.77 bits per heavy atom. The molecule has 0 aliphatic carbocycles. The zero-order valence-electron chi connectivity index (χ0n) is 11.7. The Hall–Kier alpha value is -1.28. The molecule has 2 saturated heterocycles. The van der Waals surface area contributed by atoms with Gasteiger partial charge in [-0.3, -0.25) is 4.79 Å². The summed E-state index contributed by atoms with van der Waals surface area (Å²) in [6.45, 7) is 2.43. The minimum absolute atomic E-state index is 0.146. The maximum absolute atomic E-state index is 12.9. The largest absolute Gasteiger partial charge is 0.370 e. The molecule has 0 atom stereocenters. The molecule has 2 aliphatic rings. The Balaban J connectivity index is 1.68. The molecule has 8 heteroatoms. The van der Waals surface area contributed by atoms with Gasteiger partial charge in [0, 0.05) is 37.4 Å². The number of pyridine rings is 1. The lowest BCUT2D eigenvalue weighted by molar-refractivity contribution is -0.141. The van der Waals surface area contributed by atoms with Crippen LogP contribution >= 0.6 is 28.3 Å². The van der Waals surface area contributed by atoms with E-state index < -0.39 is 0 Å². The van der Waals surface area contributed by atoms with E-state index in [1.165, 1.54) is 3.97 Å². The first-order chi connectivity index (χ1) is 10.6. The number of halogens is 2. The third-order valence-corrected chi connectivity index (χ3v) is 5.81. The van der Waals surface area contributed by atoms with Gasteiger partial charge in [-0.15, -0.1) is 3.89 Å². The van der Waals surface area contributed by atoms with Crippen molar-refractivity contribution >= 4 is 50.9 Å². The highest BCUT2D eigenvalue weighted by Gasteiger charge is 2.48. The standard InChI is InChI=1S/C14H14BrFN4OS/c15-10-7-17-12-9(1-4-20(12)22-16)11(10)19-5-2-14(3-6-19)8-18-13(14)21/h1,4,7H,2-3,5-6,8H2,(H,18,21). The van der Waals surface area contributed by atoms with E-state index >= 15 is 0 Å². The number of nitrogens with zero attached hydrogens (tertiary/aromatic N) is 3. The molecule has 0 radical (unpaired) electrons. The van der Waals surface area contributed by atoms with Crippen LogP contribution in [0.3, 0.4) is 0 Å². The monoisotopic (exact) mass is 384 g/mol. The molecule has 0 bridgehead atoms. The normalized spacial score (nSPS) is 20.3. The van der Waals surface area contributed by atoms with Crippen LogP contribution < -0.4 is 10.2 Å². The predicted octanol–water partition coefficient (Wildman–Crippen LogP) is 2.90. The second-order valence-electron chi connectivity index (χ2n) is 5.85. The first-order valence-corrected chi connectivity index (χ1v) is 8.59. The van der Waals surface area contributed by atoms with Gasteiger partial charge in [-0.2, -0.15) is 0 Å². The van der Waals surface area contributed by atoms with E-state index in [1.54, 1.807) is 12.4 Å². The van der Waals surface area contributed by atoms with Crippen LogP contribution in [0.4, 0.5) is 9.57 Å². The average Bonchev–Trinajstić information content (AvgIpc) is 2.96. The fourth-order valence-electron chi connectivity index (χ4n) is 3.37. The smallest absolute Gasteiger partial charge is 0.228 e. The zero-order valence-corrected chi connectivity index (χ0v) is 14.1. The molecular formula is C14H14BrFN4OS. The Morgan fingerprint density at radius 2 is 2.18 bits per heavy atom. The number of carbonyl (C=O) groups is 1. The lowest BCUT2D eigenvalue weighted by Gasteiger charge is -2.47. The Labute approximate surface area is 139 Å². The molecule has 2 aromatic heterocycles. The van der Waals surface area contributed by atoms with Crippen molar-refractivity contribution in [2.75, 3.05) is 24.5 Å². The number of amides is 1. The van der Waals surface area contributed by atoms with Crippen molar-refractivity contribution in [1.82, 2.24) is 14.3 Å². The quantitative estimate of drug-likeness (QED) is 0.808. The molecule has 0 unspecified atom stereocenters. The highest BCUT2D eigenvalue weighted by atomic mass is 79.9. The number of anilines is 1. The van der Waals surface area contributed by atoms with E-state index in [-0.39, 0.29) is 23.7 Å². The first-order valence-electron chi connectivity index (χ1n) is 7.12. The van der Waals surface area contributed by atoms with Gasteiger partial charge in [-0.05, 0) is 34.8 Å². The van der Waals surface area contributed by atoms with Gasteiger partial charge in [-0.1, -0.05) is 0 Å². The summed E-state index contributed by atoms with van der Waals surface area (Å²) in [6, 6.07) is 1.88. The second-order valence-corrected chi connectivity index (χ2v) is 7.24. The van der Waals surface area contributed by atoms with Crippen molar-refractivity contribution in [3.8, 4) is 0 Å². The van der Waals surface area contributed by atoms with Gasteiger partial charge in [0.2, 0.25) is 5.91 Å². The van der Waals surface area contributed by atoms with E-state index in [0.717, 1.165) is 48.0 Å². The average molecular weight is 385 g/mol. The Bertz CT molecular complexity index is 757. The van der Waals surface area contributed by atoms with Gasteiger partial charge in [0.05, 0.1) is 15.6 Å². The van der Waals surface area contributed by atoms with Crippen LogP contribution in [0.25, 0.3) is 11.0 Å². The van der Waals surface area contributed by atoms with Crippen molar-refractivity contribution in [3.05, 3.63) is 22.9 Å². The molecule has 5 nitrogen and oxygen atoms in total. The van der Waals surface area contributed by atoms with Gasteiger partial charge in [0.1, 0.15) is 0 Å². The zero-order chi connectivity index (χ0) is 15.3. The molecule has 22 heavy (non-hydrogen) atoms. The number of carbonyl (C=O) groups excluding carboxylic acids is 1. The summed E-state index contributed by atoms with van der Waals surface area (Å²) in [5, 5.41) is 3.78. The van der Waals surface area contributed by atoms with Crippen molar-refractivity contribution in [3.63, 3.8) is 0 Å². The number of fused-ring (bicyclic) bond motifs is 1.